The van der Waals surface area contributed by atoms with E-state index in [0.717, 1.165) is 25.2 Å². The summed E-state index contributed by atoms with van der Waals surface area (Å²) in [6, 6.07) is 10.5. The molecule has 1 aromatic carbocycles. The Morgan fingerprint density at radius 2 is 2.00 bits per heavy atom. The highest BCUT2D eigenvalue weighted by Gasteiger charge is 2.00. The molecule has 2 rings (SSSR count). The second kappa shape index (κ2) is 4.73. The molecule has 0 N–H and O–H groups in total. The van der Waals surface area contributed by atoms with E-state index in [-0.39, 0.29) is 0 Å². The summed E-state index contributed by atoms with van der Waals surface area (Å²) in [5.41, 5.74) is 1.35. The first-order chi connectivity index (χ1) is 7.40. The molecule has 0 amide bonds. The molecular weight excluding hydrogens is 186 g/mol. The molecule has 0 unspecified atom stereocenters. The van der Waals surface area contributed by atoms with Crippen LogP contribution >= 0.6 is 0 Å². The lowest BCUT2D eigenvalue weighted by atomic mass is 10.1. The molecule has 3 heteroatoms. The molecule has 3 nitrogen and oxygen atoms in total. The van der Waals surface area contributed by atoms with Crippen molar-refractivity contribution >= 4 is 0 Å². The largest absolute Gasteiger partial charge is 0.317 e. The molecule has 1 aromatic heterocycles. The van der Waals surface area contributed by atoms with Gasteiger partial charge in [-0.2, -0.15) is 0 Å². The molecule has 0 saturated carbocycles. The molecular formula is C12H15N3. The average Bonchev–Trinajstić information content (AvgIpc) is 2.75. The van der Waals surface area contributed by atoms with Crippen LogP contribution in [-0.4, -0.2) is 14.8 Å². The highest BCUT2D eigenvalue weighted by atomic mass is 15.3. The van der Waals surface area contributed by atoms with Gasteiger partial charge in [0.05, 0.1) is 0 Å². The summed E-state index contributed by atoms with van der Waals surface area (Å²) in [5.74, 6) is 1.06. The highest BCUT2D eigenvalue weighted by molar-refractivity contribution is 5.14. The molecule has 0 aliphatic rings. The fraction of sp³-hybridized carbons (Fsp3) is 0.333. The molecule has 2 aromatic rings. The van der Waals surface area contributed by atoms with Crippen LogP contribution in [0.25, 0.3) is 0 Å². The maximum Gasteiger partial charge on any atom is 0.132 e. The van der Waals surface area contributed by atoms with Crippen molar-refractivity contribution in [2.45, 2.75) is 26.3 Å². The van der Waals surface area contributed by atoms with Gasteiger partial charge in [0.15, 0.2) is 0 Å². The molecule has 0 aliphatic heterocycles. The Morgan fingerprint density at radius 3 is 2.73 bits per heavy atom. The zero-order valence-electron chi connectivity index (χ0n) is 8.93. The molecule has 1 heterocycles. The van der Waals surface area contributed by atoms with Gasteiger partial charge < -0.3 is 4.57 Å². The minimum Gasteiger partial charge on any atom is -0.317 e. The van der Waals surface area contributed by atoms with Crippen LogP contribution in [0.3, 0.4) is 0 Å². The van der Waals surface area contributed by atoms with Crippen LogP contribution in [0, 0.1) is 0 Å². The van der Waals surface area contributed by atoms with E-state index in [1.165, 1.54) is 5.56 Å². The van der Waals surface area contributed by atoms with Crippen LogP contribution in [0.5, 0.6) is 0 Å². The van der Waals surface area contributed by atoms with Crippen LogP contribution < -0.4 is 0 Å². The highest BCUT2D eigenvalue weighted by Crippen LogP contribution is 2.03. The zero-order valence-corrected chi connectivity index (χ0v) is 8.93. The van der Waals surface area contributed by atoms with Crippen LogP contribution in [0.2, 0.25) is 0 Å². The fourth-order valence-electron chi connectivity index (χ4n) is 1.63. The van der Waals surface area contributed by atoms with Crippen molar-refractivity contribution in [3.05, 3.63) is 48.0 Å². The Bertz CT molecular complexity index is 406. The van der Waals surface area contributed by atoms with Gasteiger partial charge in [-0.1, -0.05) is 37.3 Å². The molecule has 0 bridgehead atoms. The van der Waals surface area contributed by atoms with Gasteiger partial charge >= 0.3 is 0 Å². The van der Waals surface area contributed by atoms with Crippen LogP contribution in [0.4, 0.5) is 0 Å². The van der Waals surface area contributed by atoms with E-state index in [2.05, 4.69) is 46.0 Å². The topological polar surface area (TPSA) is 30.7 Å². The van der Waals surface area contributed by atoms with E-state index in [9.17, 15) is 0 Å². The van der Waals surface area contributed by atoms with Gasteiger partial charge in [-0.3, -0.25) is 0 Å². The first-order valence-corrected chi connectivity index (χ1v) is 5.30. The standard InChI is InChI=1S/C12H15N3/c1-2-12-14-13-10-15(12)9-8-11-6-4-3-5-7-11/h3-7,10H,2,8-9H2,1H3. The van der Waals surface area contributed by atoms with Gasteiger partial charge in [0.25, 0.3) is 0 Å². The van der Waals surface area contributed by atoms with Gasteiger partial charge in [-0.05, 0) is 12.0 Å². The predicted octanol–water partition coefficient (Wildman–Crippen LogP) is 2.08. The average molecular weight is 201 g/mol. The van der Waals surface area contributed by atoms with Gasteiger partial charge in [0.1, 0.15) is 12.2 Å². The van der Waals surface area contributed by atoms with Crippen molar-refractivity contribution in [1.82, 2.24) is 14.8 Å². The summed E-state index contributed by atoms with van der Waals surface area (Å²) in [7, 11) is 0. The first-order valence-electron chi connectivity index (χ1n) is 5.30. The summed E-state index contributed by atoms with van der Waals surface area (Å²) in [5, 5.41) is 7.98. The number of aryl methyl sites for hydroxylation is 3. The maximum atomic E-state index is 4.06. The van der Waals surface area contributed by atoms with Gasteiger partial charge in [-0.25, -0.2) is 0 Å². The maximum absolute atomic E-state index is 4.06. The summed E-state index contributed by atoms with van der Waals surface area (Å²) >= 11 is 0. The second-order valence-electron chi connectivity index (χ2n) is 3.53. The van der Waals surface area contributed by atoms with E-state index in [1.54, 1.807) is 0 Å². The third-order valence-electron chi connectivity index (χ3n) is 2.50. The Morgan fingerprint density at radius 1 is 1.20 bits per heavy atom. The Kier molecular flexibility index (Phi) is 3.12. The Balaban J connectivity index is 1.99. The second-order valence-corrected chi connectivity index (χ2v) is 3.53. The molecule has 15 heavy (non-hydrogen) atoms. The number of aromatic nitrogens is 3. The van der Waals surface area contributed by atoms with Gasteiger partial charge in [0, 0.05) is 13.0 Å². The minimum atomic E-state index is 0.939. The fourth-order valence-corrected chi connectivity index (χ4v) is 1.63. The predicted molar refractivity (Wildman–Crippen MR) is 59.5 cm³/mol. The lowest BCUT2D eigenvalue weighted by molar-refractivity contribution is 0.656. The third kappa shape index (κ3) is 2.43. The normalized spacial score (nSPS) is 10.5. The summed E-state index contributed by atoms with van der Waals surface area (Å²) in [4.78, 5) is 0. The number of rotatable bonds is 4. The lowest BCUT2D eigenvalue weighted by Gasteiger charge is -2.04. The van der Waals surface area contributed by atoms with Crippen molar-refractivity contribution in [3.63, 3.8) is 0 Å². The summed E-state index contributed by atoms with van der Waals surface area (Å²) in [6.07, 6.45) is 3.78. The first kappa shape index (κ1) is 9.90. The lowest BCUT2D eigenvalue weighted by Crippen LogP contribution is -2.04. The quantitative estimate of drug-likeness (QED) is 0.758. The Hall–Kier alpha value is -1.64. The van der Waals surface area contributed by atoms with Crippen LogP contribution in [0.1, 0.15) is 18.3 Å². The van der Waals surface area contributed by atoms with Crippen molar-refractivity contribution in [1.29, 1.82) is 0 Å². The van der Waals surface area contributed by atoms with E-state index >= 15 is 0 Å². The van der Waals surface area contributed by atoms with E-state index in [1.807, 2.05) is 12.4 Å². The molecule has 0 radical (unpaired) electrons. The third-order valence-corrected chi connectivity index (χ3v) is 2.50. The number of benzene rings is 1. The molecule has 0 atom stereocenters. The van der Waals surface area contributed by atoms with Crippen molar-refractivity contribution < 1.29 is 0 Å². The van der Waals surface area contributed by atoms with Gasteiger partial charge in [-0.15, -0.1) is 10.2 Å². The summed E-state index contributed by atoms with van der Waals surface area (Å²) < 4.78 is 2.12. The van der Waals surface area contributed by atoms with E-state index < -0.39 is 0 Å². The molecule has 0 aliphatic carbocycles. The van der Waals surface area contributed by atoms with Crippen molar-refractivity contribution in [3.8, 4) is 0 Å². The monoisotopic (exact) mass is 201 g/mol. The van der Waals surface area contributed by atoms with Crippen molar-refractivity contribution in [2.24, 2.45) is 0 Å². The number of hydrogen-bond acceptors (Lipinski definition) is 2. The van der Waals surface area contributed by atoms with E-state index in [0.29, 0.717) is 0 Å². The SMILES string of the molecule is CCc1nncn1CCc1ccccc1. The number of nitrogens with zero attached hydrogens (tertiary/aromatic N) is 3. The molecule has 0 saturated heterocycles. The minimum absolute atomic E-state index is 0.939. The molecule has 0 spiro atoms. The molecule has 78 valence electrons. The Labute approximate surface area is 89.8 Å². The zero-order chi connectivity index (χ0) is 10.5. The van der Waals surface area contributed by atoms with Crippen LogP contribution in [-0.2, 0) is 19.4 Å². The molecule has 0 fully saturated rings. The van der Waals surface area contributed by atoms with Gasteiger partial charge in [0.2, 0.25) is 0 Å². The summed E-state index contributed by atoms with van der Waals surface area (Å²) in [6.45, 7) is 3.06. The number of hydrogen-bond donors (Lipinski definition) is 0. The van der Waals surface area contributed by atoms with Crippen LogP contribution in [0.15, 0.2) is 36.7 Å². The smallest absolute Gasteiger partial charge is 0.132 e. The van der Waals surface area contributed by atoms with Crippen molar-refractivity contribution in [2.75, 3.05) is 0 Å². The van der Waals surface area contributed by atoms with E-state index in [4.69, 9.17) is 0 Å².